The summed E-state index contributed by atoms with van der Waals surface area (Å²) in [4.78, 5) is 10.9. The van der Waals surface area contributed by atoms with Crippen molar-refractivity contribution in [1.29, 1.82) is 0 Å². The van der Waals surface area contributed by atoms with E-state index in [9.17, 15) is 4.79 Å². The fourth-order valence-electron chi connectivity index (χ4n) is 1.80. The van der Waals surface area contributed by atoms with Gasteiger partial charge in [-0.1, -0.05) is 30.3 Å². The maximum atomic E-state index is 10.9. The van der Waals surface area contributed by atoms with Crippen molar-refractivity contribution in [3.8, 4) is 0 Å². The standard InChI is InChI=1S/C13H14N2O2/c16-13(17)11-9-14-15-12(11)8-4-7-10-5-2-1-3-6-10/h1-3,5-6,9H,4,7-8H2,(H,14,15)(H,16,17). The molecule has 0 fully saturated rings. The van der Waals surface area contributed by atoms with Gasteiger partial charge in [-0.05, 0) is 24.8 Å². The number of carbonyl (C=O) groups is 1. The molecule has 0 aliphatic rings. The number of hydrogen-bond donors (Lipinski definition) is 2. The Bertz CT molecular complexity index is 491. The Morgan fingerprint density at radius 1 is 1.24 bits per heavy atom. The number of nitrogens with one attached hydrogen (secondary N) is 1. The highest BCUT2D eigenvalue weighted by Crippen LogP contribution is 2.10. The lowest BCUT2D eigenvalue weighted by atomic mass is 10.1. The normalized spacial score (nSPS) is 10.4. The molecule has 0 unspecified atom stereocenters. The zero-order valence-electron chi connectivity index (χ0n) is 9.39. The predicted octanol–water partition coefficient (Wildman–Crippen LogP) is 2.28. The van der Waals surface area contributed by atoms with E-state index in [1.165, 1.54) is 11.8 Å². The first-order valence-corrected chi connectivity index (χ1v) is 5.57. The second kappa shape index (κ2) is 5.30. The summed E-state index contributed by atoms with van der Waals surface area (Å²) in [7, 11) is 0. The summed E-state index contributed by atoms with van der Waals surface area (Å²) in [5.74, 6) is -0.923. The number of rotatable bonds is 5. The van der Waals surface area contributed by atoms with Crippen molar-refractivity contribution in [3.63, 3.8) is 0 Å². The molecule has 2 rings (SSSR count). The van der Waals surface area contributed by atoms with Gasteiger partial charge in [0.25, 0.3) is 0 Å². The molecule has 4 heteroatoms. The number of benzene rings is 1. The van der Waals surface area contributed by atoms with Crippen LogP contribution in [0.2, 0.25) is 0 Å². The average molecular weight is 230 g/mol. The van der Waals surface area contributed by atoms with E-state index < -0.39 is 5.97 Å². The Morgan fingerprint density at radius 3 is 2.71 bits per heavy atom. The third-order valence-corrected chi connectivity index (χ3v) is 2.67. The van der Waals surface area contributed by atoms with Crippen LogP contribution >= 0.6 is 0 Å². The summed E-state index contributed by atoms with van der Waals surface area (Å²) in [6, 6.07) is 10.1. The number of aromatic amines is 1. The van der Waals surface area contributed by atoms with Crippen molar-refractivity contribution in [2.75, 3.05) is 0 Å². The van der Waals surface area contributed by atoms with Gasteiger partial charge < -0.3 is 5.11 Å². The zero-order valence-corrected chi connectivity index (χ0v) is 9.39. The predicted molar refractivity (Wildman–Crippen MR) is 64.0 cm³/mol. The van der Waals surface area contributed by atoms with Gasteiger partial charge in [-0.25, -0.2) is 4.79 Å². The molecule has 1 heterocycles. The third kappa shape index (κ3) is 2.93. The van der Waals surface area contributed by atoms with Crippen LogP contribution in [0.15, 0.2) is 36.5 Å². The van der Waals surface area contributed by atoms with E-state index >= 15 is 0 Å². The van der Waals surface area contributed by atoms with Gasteiger partial charge in [0.2, 0.25) is 0 Å². The van der Waals surface area contributed by atoms with Crippen LogP contribution < -0.4 is 0 Å². The molecule has 1 aromatic carbocycles. The molecule has 0 saturated heterocycles. The van der Waals surface area contributed by atoms with E-state index in [2.05, 4.69) is 22.3 Å². The summed E-state index contributed by atoms with van der Waals surface area (Å²) < 4.78 is 0. The van der Waals surface area contributed by atoms with Crippen LogP contribution in [0.3, 0.4) is 0 Å². The molecule has 4 nitrogen and oxygen atoms in total. The molecule has 2 aromatic rings. The van der Waals surface area contributed by atoms with Crippen LogP contribution in [0.1, 0.15) is 28.0 Å². The van der Waals surface area contributed by atoms with Crippen molar-refractivity contribution < 1.29 is 9.90 Å². The van der Waals surface area contributed by atoms with Crippen LogP contribution in [0.5, 0.6) is 0 Å². The number of aromatic nitrogens is 2. The molecular formula is C13H14N2O2. The monoisotopic (exact) mass is 230 g/mol. The molecule has 0 aliphatic carbocycles. The number of aromatic carboxylic acids is 1. The quantitative estimate of drug-likeness (QED) is 0.828. The van der Waals surface area contributed by atoms with E-state index in [1.807, 2.05) is 18.2 Å². The smallest absolute Gasteiger partial charge is 0.339 e. The van der Waals surface area contributed by atoms with Crippen molar-refractivity contribution in [3.05, 3.63) is 53.3 Å². The van der Waals surface area contributed by atoms with Gasteiger partial charge in [0.05, 0.1) is 5.69 Å². The van der Waals surface area contributed by atoms with Gasteiger partial charge in [0, 0.05) is 6.20 Å². The molecule has 0 bridgehead atoms. The molecule has 0 radical (unpaired) electrons. The zero-order chi connectivity index (χ0) is 12.1. The second-order valence-electron chi connectivity index (χ2n) is 3.89. The lowest BCUT2D eigenvalue weighted by Gasteiger charge is -2.00. The number of nitrogens with zero attached hydrogens (tertiary/aromatic N) is 1. The molecule has 0 atom stereocenters. The van der Waals surface area contributed by atoms with Gasteiger partial charge in [-0.15, -0.1) is 0 Å². The summed E-state index contributed by atoms with van der Waals surface area (Å²) in [6.07, 6.45) is 3.95. The maximum absolute atomic E-state index is 10.9. The van der Waals surface area contributed by atoms with Crippen LogP contribution in [0, 0.1) is 0 Å². The highest BCUT2D eigenvalue weighted by Gasteiger charge is 2.11. The van der Waals surface area contributed by atoms with Crippen molar-refractivity contribution in [2.45, 2.75) is 19.3 Å². The molecule has 88 valence electrons. The van der Waals surface area contributed by atoms with E-state index in [1.54, 1.807) is 0 Å². The lowest BCUT2D eigenvalue weighted by molar-refractivity contribution is 0.0696. The van der Waals surface area contributed by atoms with Crippen LogP contribution in [-0.2, 0) is 12.8 Å². The van der Waals surface area contributed by atoms with Gasteiger partial charge in [0.1, 0.15) is 5.56 Å². The SMILES string of the molecule is O=C(O)c1c[nH]nc1CCCc1ccccc1. The van der Waals surface area contributed by atoms with Gasteiger partial charge in [-0.2, -0.15) is 5.10 Å². The highest BCUT2D eigenvalue weighted by molar-refractivity contribution is 5.88. The first-order valence-electron chi connectivity index (χ1n) is 5.57. The lowest BCUT2D eigenvalue weighted by Crippen LogP contribution is -2.00. The van der Waals surface area contributed by atoms with Gasteiger partial charge in [0.15, 0.2) is 0 Å². The molecule has 2 N–H and O–H groups in total. The molecule has 1 aromatic heterocycles. The van der Waals surface area contributed by atoms with E-state index in [-0.39, 0.29) is 5.56 Å². The Kier molecular flexibility index (Phi) is 3.55. The van der Waals surface area contributed by atoms with Crippen LogP contribution in [0.25, 0.3) is 0 Å². The molecule has 0 aliphatic heterocycles. The van der Waals surface area contributed by atoms with E-state index in [0.29, 0.717) is 12.1 Å². The number of carboxylic acid groups (broad SMARTS) is 1. The number of aryl methyl sites for hydroxylation is 2. The van der Waals surface area contributed by atoms with Crippen molar-refractivity contribution in [1.82, 2.24) is 10.2 Å². The van der Waals surface area contributed by atoms with Gasteiger partial charge >= 0.3 is 5.97 Å². The van der Waals surface area contributed by atoms with Crippen LogP contribution in [-0.4, -0.2) is 21.3 Å². The largest absolute Gasteiger partial charge is 0.478 e. The Balaban J connectivity index is 1.90. The molecule has 0 amide bonds. The summed E-state index contributed by atoms with van der Waals surface area (Å²) in [5.41, 5.74) is 2.17. The average Bonchev–Trinajstić information content (AvgIpc) is 2.79. The van der Waals surface area contributed by atoms with E-state index in [4.69, 9.17) is 5.11 Å². The Hall–Kier alpha value is -2.10. The second-order valence-corrected chi connectivity index (χ2v) is 3.89. The fraction of sp³-hybridized carbons (Fsp3) is 0.231. The number of hydrogen-bond acceptors (Lipinski definition) is 2. The topological polar surface area (TPSA) is 66.0 Å². The van der Waals surface area contributed by atoms with Gasteiger partial charge in [-0.3, -0.25) is 5.10 Å². The first-order chi connectivity index (χ1) is 8.27. The molecule has 17 heavy (non-hydrogen) atoms. The molecular weight excluding hydrogens is 216 g/mol. The summed E-state index contributed by atoms with van der Waals surface area (Å²) in [5, 5.41) is 15.5. The summed E-state index contributed by atoms with van der Waals surface area (Å²) >= 11 is 0. The maximum Gasteiger partial charge on any atom is 0.339 e. The Labute approximate surface area is 99.3 Å². The summed E-state index contributed by atoms with van der Waals surface area (Å²) in [6.45, 7) is 0. The highest BCUT2D eigenvalue weighted by atomic mass is 16.4. The van der Waals surface area contributed by atoms with Crippen LogP contribution in [0.4, 0.5) is 0 Å². The van der Waals surface area contributed by atoms with Crippen molar-refractivity contribution >= 4 is 5.97 Å². The minimum Gasteiger partial charge on any atom is -0.478 e. The molecule has 0 spiro atoms. The Morgan fingerprint density at radius 2 is 2.00 bits per heavy atom. The minimum atomic E-state index is -0.923. The van der Waals surface area contributed by atoms with E-state index in [0.717, 1.165) is 12.8 Å². The fourth-order valence-corrected chi connectivity index (χ4v) is 1.80. The number of H-pyrrole nitrogens is 1. The third-order valence-electron chi connectivity index (χ3n) is 2.67. The first kappa shape index (κ1) is 11.4. The van der Waals surface area contributed by atoms with Crippen molar-refractivity contribution in [2.24, 2.45) is 0 Å². The number of carboxylic acids is 1. The molecule has 0 saturated carbocycles. The minimum absolute atomic E-state index is 0.276.